The van der Waals surface area contributed by atoms with Gasteiger partial charge in [0.05, 0.1) is 0 Å². The zero-order valence-corrected chi connectivity index (χ0v) is 14.4. The van der Waals surface area contributed by atoms with E-state index < -0.39 is 0 Å². The molecule has 0 fully saturated rings. The minimum Gasteiger partial charge on any atom is -0.254 e. The van der Waals surface area contributed by atoms with Gasteiger partial charge >= 0.3 is 0 Å². The van der Waals surface area contributed by atoms with E-state index in [4.69, 9.17) is 0 Å². The third-order valence-electron chi connectivity index (χ3n) is 3.56. The van der Waals surface area contributed by atoms with E-state index in [1.54, 1.807) is 0 Å². The highest BCUT2D eigenvalue weighted by Crippen LogP contribution is 2.20. The van der Waals surface area contributed by atoms with E-state index in [0.717, 1.165) is 6.42 Å². The van der Waals surface area contributed by atoms with E-state index in [-0.39, 0.29) is 0 Å². The second-order valence-corrected chi connectivity index (χ2v) is 5.79. The summed E-state index contributed by atoms with van der Waals surface area (Å²) in [6, 6.07) is 21.6. The average molecular weight is 391 g/mol. The van der Waals surface area contributed by atoms with E-state index in [0.29, 0.717) is 6.04 Å². The van der Waals surface area contributed by atoms with Gasteiger partial charge in [-0.2, -0.15) is 0 Å². The summed E-state index contributed by atoms with van der Waals surface area (Å²) in [5.41, 5.74) is 2.67. The van der Waals surface area contributed by atoms with E-state index in [9.17, 15) is 0 Å². The van der Waals surface area contributed by atoms with Crippen molar-refractivity contribution in [3.8, 4) is 0 Å². The molecule has 0 amide bonds. The van der Waals surface area contributed by atoms with Crippen LogP contribution >= 0.6 is 22.9 Å². The smallest absolute Gasteiger partial charge is 0.0413 e. The highest BCUT2D eigenvalue weighted by atomic mass is 127. The number of nitrogens with one attached hydrogen (secondary N) is 1. The van der Waals surface area contributed by atoms with Gasteiger partial charge in [-0.05, 0) is 30.4 Å². The van der Waals surface area contributed by atoms with E-state index in [1.165, 1.54) is 30.4 Å². The minimum atomic E-state index is 0.463. The lowest BCUT2D eigenvalue weighted by molar-refractivity contribution is 0.574. The van der Waals surface area contributed by atoms with Crippen LogP contribution in [-0.4, -0.2) is 0 Å². The summed E-state index contributed by atoms with van der Waals surface area (Å²) in [6.07, 6.45) is 9.32. The molecule has 0 radical (unpaired) electrons. The van der Waals surface area contributed by atoms with Crippen molar-refractivity contribution in [2.24, 2.45) is 0 Å². The largest absolute Gasteiger partial charge is 0.254 e. The molecule has 1 nitrogen and oxygen atoms in total. The second-order valence-electron chi connectivity index (χ2n) is 5.17. The molecule has 0 aliphatic rings. The lowest BCUT2D eigenvalue weighted by atomic mass is 10.0. The summed E-state index contributed by atoms with van der Waals surface area (Å²) in [7, 11) is 0. The Kier molecular flexibility index (Phi) is 7.54. The van der Waals surface area contributed by atoms with Crippen molar-refractivity contribution < 1.29 is 0 Å². The molecule has 2 rings (SSSR count). The van der Waals surface area contributed by atoms with E-state index in [1.807, 2.05) is 0 Å². The molecule has 2 heteroatoms. The third-order valence-corrected chi connectivity index (χ3v) is 4.31. The first kappa shape index (κ1) is 16.2. The van der Waals surface area contributed by atoms with Crippen LogP contribution in [0.2, 0.25) is 0 Å². The fraction of sp³-hybridized carbons (Fsp3) is 0.263. The topological polar surface area (TPSA) is 12.0 Å². The first-order valence-electron chi connectivity index (χ1n) is 7.53. The molecule has 21 heavy (non-hydrogen) atoms. The molecule has 1 atom stereocenters. The zero-order chi connectivity index (χ0) is 14.8. The molecular weight excluding hydrogens is 369 g/mol. The van der Waals surface area contributed by atoms with E-state index in [2.05, 4.69) is 99.2 Å². The quantitative estimate of drug-likeness (QED) is 0.334. The van der Waals surface area contributed by atoms with Crippen LogP contribution in [0.3, 0.4) is 0 Å². The fourth-order valence-corrected chi connectivity index (χ4v) is 3.03. The number of allylic oxidation sites excluding steroid dienone is 1. The van der Waals surface area contributed by atoms with Gasteiger partial charge in [-0.1, -0.05) is 79.2 Å². The van der Waals surface area contributed by atoms with Gasteiger partial charge in [0.25, 0.3) is 0 Å². The summed E-state index contributed by atoms with van der Waals surface area (Å²) in [5.74, 6) is 0. The number of hydrogen-bond acceptors (Lipinski definition) is 1. The van der Waals surface area contributed by atoms with Gasteiger partial charge in [0.2, 0.25) is 0 Å². The number of unbranched alkanes of at least 4 members (excludes halogenated alkanes) is 2. The maximum absolute atomic E-state index is 3.39. The van der Waals surface area contributed by atoms with Crippen molar-refractivity contribution in [3.63, 3.8) is 0 Å². The molecule has 2 aromatic carbocycles. The van der Waals surface area contributed by atoms with Crippen molar-refractivity contribution in [2.75, 3.05) is 0 Å². The molecule has 2 aromatic rings. The number of halogens is 1. The van der Waals surface area contributed by atoms with Gasteiger partial charge in [-0.15, -0.1) is 0 Å². The van der Waals surface area contributed by atoms with Crippen molar-refractivity contribution >= 4 is 28.9 Å². The molecule has 0 saturated carbocycles. The van der Waals surface area contributed by atoms with Crippen LogP contribution in [0.25, 0.3) is 6.08 Å². The molecule has 0 aromatic heterocycles. The first-order chi connectivity index (χ1) is 10.4. The Bertz CT molecular complexity index is 522. The van der Waals surface area contributed by atoms with Gasteiger partial charge in [0, 0.05) is 28.9 Å². The van der Waals surface area contributed by atoms with E-state index >= 15 is 0 Å². The Balaban J connectivity index is 1.68. The van der Waals surface area contributed by atoms with Crippen LogP contribution in [0.15, 0.2) is 66.7 Å². The summed E-state index contributed by atoms with van der Waals surface area (Å²) in [5, 5.41) is 0. The molecule has 0 aliphatic heterocycles. The number of rotatable bonds is 8. The lowest BCUT2D eigenvalue weighted by Gasteiger charge is -2.14. The summed E-state index contributed by atoms with van der Waals surface area (Å²) in [4.78, 5) is 0. The molecule has 0 bridgehead atoms. The summed E-state index contributed by atoms with van der Waals surface area (Å²) >= 11 is 2.27. The molecule has 0 heterocycles. The summed E-state index contributed by atoms with van der Waals surface area (Å²) in [6.45, 7) is 0. The molecule has 0 aliphatic carbocycles. The SMILES string of the molecule is INC(CCCC/C=C/c1ccccc1)c1ccccc1. The molecule has 1 N–H and O–H groups in total. The Morgan fingerprint density at radius 3 is 2.24 bits per heavy atom. The maximum Gasteiger partial charge on any atom is 0.0413 e. The van der Waals surface area contributed by atoms with Crippen molar-refractivity contribution in [1.82, 2.24) is 3.53 Å². The zero-order valence-electron chi connectivity index (χ0n) is 12.2. The average Bonchev–Trinajstić information content (AvgIpc) is 2.56. The lowest BCUT2D eigenvalue weighted by Crippen LogP contribution is -2.10. The van der Waals surface area contributed by atoms with Crippen LogP contribution in [-0.2, 0) is 0 Å². The van der Waals surface area contributed by atoms with Gasteiger partial charge < -0.3 is 0 Å². The Morgan fingerprint density at radius 2 is 1.57 bits per heavy atom. The number of hydrogen-bond donors (Lipinski definition) is 1. The molecule has 110 valence electrons. The Hall–Kier alpha value is -1.13. The third kappa shape index (κ3) is 6.02. The van der Waals surface area contributed by atoms with Crippen LogP contribution < -0.4 is 3.53 Å². The maximum atomic E-state index is 3.39. The molecular formula is C19H22IN. The van der Waals surface area contributed by atoms with Crippen molar-refractivity contribution in [2.45, 2.75) is 31.7 Å². The molecule has 0 spiro atoms. The fourth-order valence-electron chi connectivity index (χ4n) is 2.36. The van der Waals surface area contributed by atoms with Gasteiger partial charge in [0.15, 0.2) is 0 Å². The van der Waals surface area contributed by atoms with Gasteiger partial charge in [0.1, 0.15) is 0 Å². The predicted octanol–water partition coefficient (Wildman–Crippen LogP) is 5.94. The molecule has 1 unspecified atom stereocenters. The van der Waals surface area contributed by atoms with Crippen LogP contribution in [0.4, 0.5) is 0 Å². The Morgan fingerprint density at radius 1 is 0.905 bits per heavy atom. The van der Waals surface area contributed by atoms with Crippen LogP contribution in [0, 0.1) is 0 Å². The predicted molar refractivity (Wildman–Crippen MR) is 100 cm³/mol. The van der Waals surface area contributed by atoms with Gasteiger partial charge in [-0.25, -0.2) is 0 Å². The summed E-state index contributed by atoms with van der Waals surface area (Å²) < 4.78 is 3.39. The van der Waals surface area contributed by atoms with Crippen molar-refractivity contribution in [1.29, 1.82) is 0 Å². The van der Waals surface area contributed by atoms with Crippen LogP contribution in [0.5, 0.6) is 0 Å². The molecule has 0 saturated heterocycles. The highest BCUT2D eigenvalue weighted by molar-refractivity contribution is 14.1. The minimum absolute atomic E-state index is 0.463. The van der Waals surface area contributed by atoms with Crippen LogP contribution in [0.1, 0.15) is 42.9 Å². The Labute approximate surface area is 142 Å². The number of benzene rings is 2. The second kappa shape index (κ2) is 9.74. The highest BCUT2D eigenvalue weighted by Gasteiger charge is 2.07. The standard InChI is InChI=1S/C19H22IN/c20-21-19(18-14-8-4-9-15-18)16-10-2-1-5-11-17-12-6-3-7-13-17/h3-9,11-15,19,21H,1-2,10,16H2/b11-5+. The van der Waals surface area contributed by atoms with Gasteiger partial charge in [-0.3, -0.25) is 3.53 Å². The monoisotopic (exact) mass is 391 g/mol. The van der Waals surface area contributed by atoms with Crippen molar-refractivity contribution in [3.05, 3.63) is 77.9 Å². The first-order valence-corrected chi connectivity index (χ1v) is 8.60. The normalized spacial score (nSPS) is 12.6.